The first-order valence-corrected chi connectivity index (χ1v) is 10.8. The molecule has 1 heterocycles. The number of hydrogen-bond acceptors (Lipinski definition) is 3. The van der Waals surface area contributed by atoms with Gasteiger partial charge in [-0.1, -0.05) is 50.2 Å². The average Bonchev–Trinajstić information content (AvgIpc) is 3.02. The summed E-state index contributed by atoms with van der Waals surface area (Å²) in [5, 5.41) is 13.0. The molecule has 0 spiro atoms. The van der Waals surface area contributed by atoms with Crippen molar-refractivity contribution in [2.75, 3.05) is 25.0 Å². The van der Waals surface area contributed by atoms with E-state index in [1.54, 1.807) is 0 Å². The number of aryl methyl sites for hydroxylation is 1. The van der Waals surface area contributed by atoms with Gasteiger partial charge in [-0.25, -0.2) is 0 Å². The first-order chi connectivity index (χ1) is 13.5. The van der Waals surface area contributed by atoms with Gasteiger partial charge in [-0.2, -0.15) is 0 Å². The van der Waals surface area contributed by atoms with Gasteiger partial charge in [0.1, 0.15) is 0 Å². The number of aliphatic hydroxyl groups is 1. The fourth-order valence-corrected chi connectivity index (χ4v) is 4.80. The number of benzene rings is 2. The summed E-state index contributed by atoms with van der Waals surface area (Å²) in [5.74, 6) is 0.495. The Balaban J connectivity index is 1.39. The van der Waals surface area contributed by atoms with E-state index in [2.05, 4.69) is 66.5 Å². The zero-order valence-corrected chi connectivity index (χ0v) is 17.4. The van der Waals surface area contributed by atoms with Crippen molar-refractivity contribution in [1.29, 1.82) is 0 Å². The summed E-state index contributed by atoms with van der Waals surface area (Å²) >= 11 is 0. The molecule has 3 heteroatoms. The van der Waals surface area contributed by atoms with E-state index in [4.69, 9.17) is 0 Å². The molecule has 0 amide bonds. The number of nitrogens with zero attached hydrogens (tertiary/aromatic N) is 1. The highest BCUT2D eigenvalue weighted by atomic mass is 16.3. The van der Waals surface area contributed by atoms with Crippen LogP contribution >= 0.6 is 0 Å². The molecular formula is C25H34N2O. The number of rotatable bonds is 6. The lowest BCUT2D eigenvalue weighted by molar-refractivity contribution is 0.127. The Bertz CT molecular complexity index is 806. The second-order valence-corrected chi connectivity index (χ2v) is 9.29. The predicted molar refractivity (Wildman–Crippen MR) is 117 cm³/mol. The SMILES string of the molecule is CC1(C)CCc2cc(CNc3ccccc3CN3CCC(CO)CC3)ccc21. The summed E-state index contributed by atoms with van der Waals surface area (Å²) < 4.78 is 0. The van der Waals surface area contributed by atoms with E-state index in [0.29, 0.717) is 17.9 Å². The molecule has 1 saturated heterocycles. The molecule has 1 fully saturated rings. The number of nitrogens with one attached hydrogen (secondary N) is 1. The van der Waals surface area contributed by atoms with E-state index >= 15 is 0 Å². The number of likely N-dealkylation sites (tertiary alicyclic amines) is 1. The molecule has 2 aromatic carbocycles. The Hall–Kier alpha value is -1.84. The second-order valence-electron chi connectivity index (χ2n) is 9.29. The Kier molecular flexibility index (Phi) is 5.75. The van der Waals surface area contributed by atoms with Crippen LogP contribution in [0.15, 0.2) is 42.5 Å². The van der Waals surface area contributed by atoms with Gasteiger partial charge in [0.15, 0.2) is 0 Å². The average molecular weight is 379 g/mol. The highest BCUT2D eigenvalue weighted by Gasteiger charge is 2.29. The fourth-order valence-electron chi connectivity index (χ4n) is 4.80. The standard InChI is InChI=1S/C25H34N2O/c1-25(2)12-9-21-15-20(7-8-23(21)25)16-26-24-6-4-3-5-22(24)17-27-13-10-19(18-28)11-14-27/h3-8,15,19,26,28H,9-14,16-18H2,1-2H3. The Morgan fingerprint density at radius 2 is 1.89 bits per heavy atom. The molecule has 3 nitrogen and oxygen atoms in total. The summed E-state index contributed by atoms with van der Waals surface area (Å²) in [6.45, 7) is 9.08. The maximum atomic E-state index is 9.35. The quantitative estimate of drug-likeness (QED) is 0.763. The fraction of sp³-hybridized carbons (Fsp3) is 0.520. The summed E-state index contributed by atoms with van der Waals surface area (Å²) in [4.78, 5) is 2.52. The van der Waals surface area contributed by atoms with Gasteiger partial charge < -0.3 is 10.4 Å². The normalized spacial score (nSPS) is 19.5. The molecule has 0 unspecified atom stereocenters. The van der Waals surface area contributed by atoms with E-state index in [-0.39, 0.29) is 0 Å². The second kappa shape index (κ2) is 8.26. The lowest BCUT2D eigenvalue weighted by Crippen LogP contribution is -2.34. The third-order valence-electron chi connectivity index (χ3n) is 6.78. The van der Waals surface area contributed by atoms with Crippen LogP contribution in [0.3, 0.4) is 0 Å². The molecular weight excluding hydrogens is 344 g/mol. The number of para-hydroxylation sites is 1. The van der Waals surface area contributed by atoms with Gasteiger partial charge in [-0.15, -0.1) is 0 Å². The van der Waals surface area contributed by atoms with Gasteiger partial charge in [0.05, 0.1) is 0 Å². The molecule has 1 aliphatic carbocycles. The molecule has 28 heavy (non-hydrogen) atoms. The zero-order valence-electron chi connectivity index (χ0n) is 17.4. The minimum absolute atomic E-state index is 0.331. The topological polar surface area (TPSA) is 35.5 Å². The molecule has 0 aromatic heterocycles. The van der Waals surface area contributed by atoms with E-state index < -0.39 is 0 Å². The van der Waals surface area contributed by atoms with Crippen LogP contribution in [0.4, 0.5) is 5.69 Å². The highest BCUT2D eigenvalue weighted by Crippen LogP contribution is 2.38. The van der Waals surface area contributed by atoms with E-state index in [1.165, 1.54) is 40.8 Å². The van der Waals surface area contributed by atoms with Crippen molar-refractivity contribution in [2.45, 2.75) is 58.0 Å². The first-order valence-electron chi connectivity index (χ1n) is 10.8. The van der Waals surface area contributed by atoms with Crippen LogP contribution in [-0.4, -0.2) is 29.7 Å². The van der Waals surface area contributed by atoms with E-state index in [0.717, 1.165) is 39.0 Å². The van der Waals surface area contributed by atoms with Crippen LogP contribution in [0.1, 0.15) is 55.4 Å². The lowest BCUT2D eigenvalue weighted by Gasteiger charge is -2.31. The van der Waals surface area contributed by atoms with Crippen molar-refractivity contribution < 1.29 is 5.11 Å². The predicted octanol–water partition coefficient (Wildman–Crippen LogP) is 4.73. The van der Waals surface area contributed by atoms with Crippen LogP contribution in [-0.2, 0) is 24.9 Å². The molecule has 0 radical (unpaired) electrons. The summed E-state index contributed by atoms with van der Waals surface area (Å²) in [7, 11) is 0. The summed E-state index contributed by atoms with van der Waals surface area (Å²) in [6, 6.07) is 15.7. The monoisotopic (exact) mass is 378 g/mol. The number of hydrogen-bond donors (Lipinski definition) is 2. The Morgan fingerprint density at radius 1 is 1.11 bits per heavy atom. The van der Waals surface area contributed by atoms with Crippen LogP contribution in [0, 0.1) is 5.92 Å². The van der Waals surface area contributed by atoms with Gasteiger partial charge in [0.2, 0.25) is 0 Å². The molecule has 2 aliphatic rings. The van der Waals surface area contributed by atoms with Gasteiger partial charge in [-0.05, 0) is 78.4 Å². The lowest BCUT2D eigenvalue weighted by atomic mass is 9.86. The van der Waals surface area contributed by atoms with Crippen LogP contribution in [0.5, 0.6) is 0 Å². The van der Waals surface area contributed by atoms with E-state index in [1.807, 2.05) is 0 Å². The molecule has 4 rings (SSSR count). The largest absolute Gasteiger partial charge is 0.396 e. The number of fused-ring (bicyclic) bond motifs is 1. The molecule has 2 aromatic rings. The molecule has 2 N–H and O–H groups in total. The van der Waals surface area contributed by atoms with Gasteiger partial charge in [0.25, 0.3) is 0 Å². The van der Waals surface area contributed by atoms with Crippen molar-refractivity contribution in [3.63, 3.8) is 0 Å². The van der Waals surface area contributed by atoms with Crippen molar-refractivity contribution >= 4 is 5.69 Å². The minimum Gasteiger partial charge on any atom is -0.396 e. The number of anilines is 1. The Morgan fingerprint density at radius 3 is 2.68 bits per heavy atom. The molecule has 0 bridgehead atoms. The molecule has 1 aliphatic heterocycles. The minimum atomic E-state index is 0.331. The van der Waals surface area contributed by atoms with Crippen LogP contribution in [0.2, 0.25) is 0 Å². The van der Waals surface area contributed by atoms with Gasteiger partial charge in [0, 0.05) is 25.4 Å². The van der Waals surface area contributed by atoms with Gasteiger partial charge in [-0.3, -0.25) is 4.90 Å². The third-order valence-corrected chi connectivity index (χ3v) is 6.78. The van der Waals surface area contributed by atoms with Crippen LogP contribution in [0.25, 0.3) is 0 Å². The summed E-state index contributed by atoms with van der Waals surface area (Å²) in [5.41, 5.74) is 7.37. The highest BCUT2D eigenvalue weighted by molar-refractivity contribution is 5.52. The summed E-state index contributed by atoms with van der Waals surface area (Å²) in [6.07, 6.45) is 4.68. The van der Waals surface area contributed by atoms with Crippen molar-refractivity contribution in [3.05, 3.63) is 64.7 Å². The maximum Gasteiger partial charge on any atom is 0.0460 e. The third kappa shape index (κ3) is 4.26. The van der Waals surface area contributed by atoms with Gasteiger partial charge >= 0.3 is 0 Å². The maximum absolute atomic E-state index is 9.35. The van der Waals surface area contributed by atoms with Crippen molar-refractivity contribution in [2.24, 2.45) is 5.92 Å². The molecule has 0 saturated carbocycles. The van der Waals surface area contributed by atoms with E-state index in [9.17, 15) is 5.11 Å². The number of aliphatic hydroxyl groups excluding tert-OH is 1. The zero-order chi connectivity index (χ0) is 19.6. The first kappa shape index (κ1) is 19.5. The van der Waals surface area contributed by atoms with Crippen LogP contribution < -0.4 is 5.32 Å². The molecule has 150 valence electrons. The smallest absolute Gasteiger partial charge is 0.0460 e. The van der Waals surface area contributed by atoms with Crippen molar-refractivity contribution in [1.82, 2.24) is 4.90 Å². The van der Waals surface area contributed by atoms with Crippen molar-refractivity contribution in [3.8, 4) is 0 Å². The molecule has 0 atom stereocenters. The Labute approximate surface area is 169 Å². The number of piperidine rings is 1.